The highest BCUT2D eigenvalue weighted by Crippen LogP contribution is 2.32. The molecule has 7 heteroatoms. The van der Waals surface area contributed by atoms with Gasteiger partial charge in [-0.3, -0.25) is 9.78 Å². The Morgan fingerprint density at radius 1 is 1.03 bits per heavy atom. The number of carbonyl (C=O) groups is 1. The Hall–Kier alpha value is -3.74. The smallest absolute Gasteiger partial charge is 0.274 e. The minimum atomic E-state index is -0.303. The average molecular weight is 391 g/mol. The van der Waals surface area contributed by atoms with E-state index in [1.54, 1.807) is 37.6 Å². The summed E-state index contributed by atoms with van der Waals surface area (Å²) < 4.78 is 16.4. The van der Waals surface area contributed by atoms with Crippen LogP contribution in [0.5, 0.6) is 17.2 Å². The Kier molecular flexibility index (Phi) is 5.47. The van der Waals surface area contributed by atoms with E-state index in [0.717, 1.165) is 17.0 Å². The number of amides is 1. The molecule has 0 atom stereocenters. The van der Waals surface area contributed by atoms with E-state index in [4.69, 9.17) is 14.2 Å². The van der Waals surface area contributed by atoms with Crippen LogP contribution < -0.4 is 24.8 Å². The molecule has 0 fully saturated rings. The van der Waals surface area contributed by atoms with Crippen LogP contribution in [0.4, 0.5) is 11.4 Å². The second kappa shape index (κ2) is 8.52. The van der Waals surface area contributed by atoms with Crippen LogP contribution in [0.2, 0.25) is 0 Å². The Morgan fingerprint density at radius 2 is 1.86 bits per heavy atom. The molecule has 2 N–H and O–H groups in total. The number of para-hydroxylation sites is 1. The Bertz CT molecular complexity index is 1020. The fraction of sp³-hybridized carbons (Fsp3) is 0.182. The average Bonchev–Trinajstić information content (AvgIpc) is 2.78. The van der Waals surface area contributed by atoms with E-state index >= 15 is 0 Å². The quantitative estimate of drug-likeness (QED) is 0.666. The van der Waals surface area contributed by atoms with E-state index in [1.165, 1.54) is 0 Å². The molecule has 0 unspecified atom stereocenters. The predicted molar refractivity (Wildman–Crippen MR) is 110 cm³/mol. The van der Waals surface area contributed by atoms with Gasteiger partial charge in [-0.1, -0.05) is 18.2 Å². The molecule has 29 heavy (non-hydrogen) atoms. The van der Waals surface area contributed by atoms with Crippen molar-refractivity contribution < 1.29 is 19.0 Å². The Labute approximate surface area is 168 Å². The SMILES string of the molecule is COc1ccccc1CNc1ccnc(C(=O)Nc2ccc3c(c2)OCCO3)c1. The van der Waals surface area contributed by atoms with Crippen molar-refractivity contribution in [2.24, 2.45) is 0 Å². The van der Waals surface area contributed by atoms with Crippen LogP contribution in [-0.2, 0) is 6.54 Å². The number of methoxy groups -OCH3 is 1. The third-order valence-corrected chi connectivity index (χ3v) is 4.47. The third-order valence-electron chi connectivity index (χ3n) is 4.47. The van der Waals surface area contributed by atoms with Crippen molar-refractivity contribution in [2.75, 3.05) is 31.0 Å². The standard InChI is InChI=1S/C22H21N3O4/c1-27-19-5-3-2-4-15(19)14-24-16-8-9-23-18(12-16)22(26)25-17-6-7-20-21(13-17)29-11-10-28-20/h2-9,12-13H,10-11,14H2,1H3,(H,23,24)(H,25,26). The van der Waals surface area contributed by atoms with Gasteiger partial charge in [0.15, 0.2) is 11.5 Å². The number of nitrogens with one attached hydrogen (secondary N) is 2. The number of pyridine rings is 1. The first-order valence-electron chi connectivity index (χ1n) is 9.26. The molecule has 148 valence electrons. The number of hydrogen-bond donors (Lipinski definition) is 2. The number of nitrogens with zero attached hydrogens (tertiary/aromatic N) is 1. The molecule has 1 aromatic heterocycles. The van der Waals surface area contributed by atoms with Gasteiger partial charge >= 0.3 is 0 Å². The summed E-state index contributed by atoms with van der Waals surface area (Å²) in [5, 5.41) is 6.14. The number of rotatable bonds is 6. The predicted octanol–water partition coefficient (Wildman–Crippen LogP) is 3.73. The van der Waals surface area contributed by atoms with Gasteiger partial charge < -0.3 is 24.8 Å². The van der Waals surface area contributed by atoms with Crippen LogP contribution in [0.1, 0.15) is 16.1 Å². The van der Waals surface area contributed by atoms with Gasteiger partial charge in [0.05, 0.1) is 7.11 Å². The van der Waals surface area contributed by atoms with E-state index in [0.29, 0.717) is 42.6 Å². The number of ether oxygens (including phenoxy) is 3. The minimum Gasteiger partial charge on any atom is -0.496 e. The molecule has 0 saturated carbocycles. The highest BCUT2D eigenvalue weighted by Gasteiger charge is 2.14. The van der Waals surface area contributed by atoms with Crippen LogP contribution in [0.15, 0.2) is 60.8 Å². The van der Waals surface area contributed by atoms with Crippen molar-refractivity contribution in [1.82, 2.24) is 4.98 Å². The maximum absolute atomic E-state index is 12.6. The molecular formula is C22H21N3O4. The fourth-order valence-electron chi connectivity index (χ4n) is 3.03. The largest absolute Gasteiger partial charge is 0.496 e. The summed E-state index contributed by atoms with van der Waals surface area (Å²) in [4.78, 5) is 16.8. The summed E-state index contributed by atoms with van der Waals surface area (Å²) in [7, 11) is 1.64. The lowest BCUT2D eigenvalue weighted by molar-refractivity contribution is 0.102. The van der Waals surface area contributed by atoms with Crippen molar-refractivity contribution in [3.05, 3.63) is 72.1 Å². The third kappa shape index (κ3) is 4.40. The van der Waals surface area contributed by atoms with Crippen molar-refractivity contribution in [1.29, 1.82) is 0 Å². The summed E-state index contributed by atoms with van der Waals surface area (Å²) in [5.74, 6) is 1.80. The van der Waals surface area contributed by atoms with E-state index < -0.39 is 0 Å². The summed E-state index contributed by atoms with van der Waals surface area (Å²) in [6.45, 7) is 1.58. The summed E-state index contributed by atoms with van der Waals surface area (Å²) in [6, 6.07) is 16.6. The Morgan fingerprint density at radius 3 is 2.72 bits per heavy atom. The van der Waals surface area contributed by atoms with E-state index in [1.807, 2.05) is 30.3 Å². The molecular weight excluding hydrogens is 370 g/mol. The molecule has 1 amide bonds. The van der Waals surface area contributed by atoms with Crippen LogP contribution in [0.3, 0.4) is 0 Å². The number of benzene rings is 2. The maximum atomic E-state index is 12.6. The molecule has 2 aromatic carbocycles. The number of anilines is 2. The first kappa shape index (κ1) is 18.6. The molecule has 7 nitrogen and oxygen atoms in total. The van der Waals surface area contributed by atoms with Gasteiger partial charge in [0, 0.05) is 35.7 Å². The highest BCUT2D eigenvalue weighted by atomic mass is 16.6. The lowest BCUT2D eigenvalue weighted by Crippen LogP contribution is -2.17. The van der Waals surface area contributed by atoms with Gasteiger partial charge in [-0.25, -0.2) is 0 Å². The fourth-order valence-corrected chi connectivity index (χ4v) is 3.03. The molecule has 1 aliphatic rings. The zero-order valence-electron chi connectivity index (χ0n) is 16.0. The number of aromatic nitrogens is 1. The first-order valence-corrected chi connectivity index (χ1v) is 9.26. The molecule has 0 spiro atoms. The lowest BCUT2D eigenvalue weighted by Gasteiger charge is -2.19. The van der Waals surface area contributed by atoms with Gasteiger partial charge in [0.25, 0.3) is 5.91 Å². The minimum absolute atomic E-state index is 0.303. The van der Waals surface area contributed by atoms with E-state index in [2.05, 4.69) is 15.6 Å². The molecule has 0 saturated heterocycles. The van der Waals surface area contributed by atoms with Gasteiger partial charge in [-0.2, -0.15) is 0 Å². The van der Waals surface area contributed by atoms with Crippen molar-refractivity contribution in [3.8, 4) is 17.2 Å². The van der Waals surface area contributed by atoms with Crippen molar-refractivity contribution in [2.45, 2.75) is 6.54 Å². The van der Waals surface area contributed by atoms with Gasteiger partial charge in [0.1, 0.15) is 24.7 Å². The van der Waals surface area contributed by atoms with Crippen LogP contribution in [0, 0.1) is 0 Å². The number of carbonyl (C=O) groups excluding carboxylic acids is 1. The molecule has 0 bridgehead atoms. The number of fused-ring (bicyclic) bond motifs is 1. The monoisotopic (exact) mass is 391 g/mol. The topological polar surface area (TPSA) is 81.7 Å². The normalized spacial score (nSPS) is 12.2. The molecule has 1 aliphatic heterocycles. The van der Waals surface area contributed by atoms with Gasteiger partial charge in [-0.15, -0.1) is 0 Å². The van der Waals surface area contributed by atoms with Crippen molar-refractivity contribution >= 4 is 17.3 Å². The van der Waals surface area contributed by atoms with Crippen LogP contribution in [-0.4, -0.2) is 31.2 Å². The Balaban J connectivity index is 1.43. The highest BCUT2D eigenvalue weighted by molar-refractivity contribution is 6.03. The van der Waals surface area contributed by atoms with E-state index in [-0.39, 0.29) is 5.91 Å². The maximum Gasteiger partial charge on any atom is 0.274 e. The first-order chi connectivity index (χ1) is 14.2. The second-order valence-corrected chi connectivity index (χ2v) is 6.41. The molecule has 0 aliphatic carbocycles. The molecule has 4 rings (SSSR count). The zero-order valence-corrected chi connectivity index (χ0v) is 16.0. The second-order valence-electron chi connectivity index (χ2n) is 6.41. The van der Waals surface area contributed by atoms with Gasteiger partial charge in [0.2, 0.25) is 0 Å². The lowest BCUT2D eigenvalue weighted by atomic mass is 10.2. The number of hydrogen-bond acceptors (Lipinski definition) is 6. The zero-order chi connectivity index (χ0) is 20.1. The van der Waals surface area contributed by atoms with Crippen LogP contribution >= 0.6 is 0 Å². The summed E-state index contributed by atoms with van der Waals surface area (Å²) in [5.41, 5.74) is 2.74. The van der Waals surface area contributed by atoms with Crippen molar-refractivity contribution in [3.63, 3.8) is 0 Å². The molecule has 2 heterocycles. The summed E-state index contributed by atoms with van der Waals surface area (Å²) >= 11 is 0. The van der Waals surface area contributed by atoms with Crippen LogP contribution in [0.25, 0.3) is 0 Å². The summed E-state index contributed by atoms with van der Waals surface area (Å²) in [6.07, 6.45) is 1.60. The molecule has 0 radical (unpaired) electrons. The molecule has 3 aromatic rings. The van der Waals surface area contributed by atoms with E-state index in [9.17, 15) is 4.79 Å². The van der Waals surface area contributed by atoms with Gasteiger partial charge in [-0.05, 0) is 30.3 Å².